The SMILES string of the molecule is CCN(Cc1cc(F)cc(C(N)=S)c1)Cc1ccco1. The Kier molecular flexibility index (Phi) is 4.87. The fourth-order valence-electron chi connectivity index (χ4n) is 2.04. The molecular weight excluding hydrogens is 275 g/mol. The van der Waals surface area contributed by atoms with E-state index in [0.29, 0.717) is 18.7 Å². The predicted molar refractivity (Wildman–Crippen MR) is 80.8 cm³/mol. The van der Waals surface area contributed by atoms with E-state index in [1.165, 1.54) is 12.1 Å². The van der Waals surface area contributed by atoms with Gasteiger partial charge in [-0.3, -0.25) is 4.90 Å². The lowest BCUT2D eigenvalue weighted by Gasteiger charge is -2.19. The van der Waals surface area contributed by atoms with E-state index in [-0.39, 0.29) is 10.8 Å². The molecule has 2 N–H and O–H groups in total. The molecule has 5 heteroatoms. The fourth-order valence-corrected chi connectivity index (χ4v) is 2.16. The van der Waals surface area contributed by atoms with Crippen molar-refractivity contribution in [3.8, 4) is 0 Å². The van der Waals surface area contributed by atoms with Gasteiger partial charge in [-0.15, -0.1) is 0 Å². The number of halogens is 1. The number of thiocarbonyl (C=S) groups is 1. The van der Waals surface area contributed by atoms with E-state index in [9.17, 15) is 4.39 Å². The Morgan fingerprint density at radius 3 is 2.75 bits per heavy atom. The molecule has 2 aromatic rings. The number of nitrogens with zero attached hydrogens (tertiary/aromatic N) is 1. The van der Waals surface area contributed by atoms with Crippen molar-refractivity contribution in [1.82, 2.24) is 4.90 Å². The molecule has 3 nitrogen and oxygen atoms in total. The normalized spacial score (nSPS) is 10.9. The summed E-state index contributed by atoms with van der Waals surface area (Å²) in [6.45, 7) is 4.18. The standard InChI is InChI=1S/C15H17FN2OS/c1-2-18(10-14-4-3-5-19-14)9-11-6-12(15(17)20)8-13(16)7-11/h3-8H,2,9-10H2,1H3,(H2,17,20). The molecule has 0 spiro atoms. The van der Waals surface area contributed by atoms with Gasteiger partial charge in [0.15, 0.2) is 0 Å². The number of rotatable bonds is 6. The van der Waals surface area contributed by atoms with Crippen molar-refractivity contribution in [3.05, 3.63) is 59.3 Å². The summed E-state index contributed by atoms with van der Waals surface area (Å²) in [4.78, 5) is 2.36. The van der Waals surface area contributed by atoms with Crippen LogP contribution in [0.1, 0.15) is 23.8 Å². The summed E-state index contributed by atoms with van der Waals surface area (Å²) in [5.41, 5.74) is 6.97. The molecule has 106 valence electrons. The van der Waals surface area contributed by atoms with E-state index in [4.69, 9.17) is 22.4 Å². The van der Waals surface area contributed by atoms with Crippen LogP contribution in [0.4, 0.5) is 4.39 Å². The van der Waals surface area contributed by atoms with Crippen LogP contribution in [-0.4, -0.2) is 16.4 Å². The molecule has 0 atom stereocenters. The van der Waals surface area contributed by atoms with Crippen molar-refractivity contribution in [2.75, 3.05) is 6.54 Å². The molecule has 0 aliphatic rings. The molecule has 2 rings (SSSR count). The second kappa shape index (κ2) is 6.63. The van der Waals surface area contributed by atoms with Gasteiger partial charge in [-0.05, 0) is 42.4 Å². The monoisotopic (exact) mass is 292 g/mol. The second-order valence-electron chi connectivity index (χ2n) is 4.60. The van der Waals surface area contributed by atoms with Gasteiger partial charge >= 0.3 is 0 Å². The van der Waals surface area contributed by atoms with E-state index in [1.54, 1.807) is 6.26 Å². The van der Waals surface area contributed by atoms with Gasteiger partial charge in [-0.25, -0.2) is 4.39 Å². The van der Waals surface area contributed by atoms with Crippen LogP contribution in [0, 0.1) is 5.82 Å². The van der Waals surface area contributed by atoms with Crippen LogP contribution in [0.5, 0.6) is 0 Å². The van der Waals surface area contributed by atoms with Crippen molar-refractivity contribution in [1.29, 1.82) is 0 Å². The van der Waals surface area contributed by atoms with E-state index in [2.05, 4.69) is 11.8 Å². The maximum Gasteiger partial charge on any atom is 0.124 e. The summed E-state index contributed by atoms with van der Waals surface area (Å²) in [5, 5.41) is 0. The Morgan fingerprint density at radius 2 is 2.15 bits per heavy atom. The first kappa shape index (κ1) is 14.7. The van der Waals surface area contributed by atoms with E-state index >= 15 is 0 Å². The van der Waals surface area contributed by atoms with E-state index in [1.807, 2.05) is 18.2 Å². The van der Waals surface area contributed by atoms with Gasteiger partial charge in [0.05, 0.1) is 12.8 Å². The zero-order valence-electron chi connectivity index (χ0n) is 11.3. The third kappa shape index (κ3) is 3.88. The smallest absolute Gasteiger partial charge is 0.124 e. The van der Waals surface area contributed by atoms with Crippen molar-refractivity contribution in [2.24, 2.45) is 5.73 Å². The molecule has 1 aromatic carbocycles. The lowest BCUT2D eigenvalue weighted by atomic mass is 10.1. The molecule has 0 aliphatic heterocycles. The lowest BCUT2D eigenvalue weighted by molar-refractivity contribution is 0.247. The molecule has 0 bridgehead atoms. The zero-order valence-corrected chi connectivity index (χ0v) is 12.1. The van der Waals surface area contributed by atoms with E-state index < -0.39 is 0 Å². The van der Waals surface area contributed by atoms with Crippen molar-refractivity contribution in [3.63, 3.8) is 0 Å². The highest BCUT2D eigenvalue weighted by Crippen LogP contribution is 2.14. The molecule has 0 fully saturated rings. The van der Waals surface area contributed by atoms with Crippen LogP contribution in [0.15, 0.2) is 41.0 Å². The maximum absolute atomic E-state index is 13.6. The highest BCUT2D eigenvalue weighted by Gasteiger charge is 2.09. The Bertz CT molecular complexity index is 584. The number of nitrogens with two attached hydrogens (primary N) is 1. The Balaban J connectivity index is 2.12. The van der Waals surface area contributed by atoms with Gasteiger partial charge in [0.25, 0.3) is 0 Å². The van der Waals surface area contributed by atoms with Crippen molar-refractivity contribution < 1.29 is 8.81 Å². The van der Waals surface area contributed by atoms with Crippen LogP contribution in [0.2, 0.25) is 0 Å². The molecule has 0 saturated carbocycles. The summed E-state index contributed by atoms with van der Waals surface area (Å²) < 4.78 is 18.9. The number of hydrogen-bond donors (Lipinski definition) is 1. The Hall–Kier alpha value is -1.72. The van der Waals surface area contributed by atoms with Crippen LogP contribution >= 0.6 is 12.2 Å². The summed E-state index contributed by atoms with van der Waals surface area (Å²) >= 11 is 4.90. The second-order valence-corrected chi connectivity index (χ2v) is 5.03. The fraction of sp³-hybridized carbons (Fsp3) is 0.267. The summed E-state index contributed by atoms with van der Waals surface area (Å²) in [6, 6.07) is 8.47. The molecule has 1 heterocycles. The first-order valence-electron chi connectivity index (χ1n) is 6.42. The van der Waals surface area contributed by atoms with Gasteiger partial charge in [-0.2, -0.15) is 0 Å². The highest BCUT2D eigenvalue weighted by atomic mass is 32.1. The minimum Gasteiger partial charge on any atom is -0.468 e. The molecule has 0 radical (unpaired) electrons. The van der Waals surface area contributed by atoms with Gasteiger partial charge in [0.2, 0.25) is 0 Å². The van der Waals surface area contributed by atoms with E-state index in [0.717, 1.165) is 17.9 Å². The minimum atomic E-state index is -0.320. The largest absolute Gasteiger partial charge is 0.468 e. The summed E-state index contributed by atoms with van der Waals surface area (Å²) in [5.74, 6) is 0.567. The average molecular weight is 292 g/mol. The highest BCUT2D eigenvalue weighted by molar-refractivity contribution is 7.80. The number of benzene rings is 1. The molecule has 0 unspecified atom stereocenters. The van der Waals surface area contributed by atoms with Crippen molar-refractivity contribution in [2.45, 2.75) is 20.0 Å². The third-order valence-corrected chi connectivity index (χ3v) is 3.29. The average Bonchev–Trinajstić information content (AvgIpc) is 2.90. The number of furan rings is 1. The predicted octanol–water partition coefficient (Wildman–Crippen LogP) is 3.08. The molecule has 20 heavy (non-hydrogen) atoms. The van der Waals surface area contributed by atoms with Crippen molar-refractivity contribution >= 4 is 17.2 Å². The van der Waals surface area contributed by atoms with Gasteiger partial charge in [0.1, 0.15) is 16.6 Å². The molecule has 1 aromatic heterocycles. The van der Waals surface area contributed by atoms with Crippen LogP contribution in [0.3, 0.4) is 0 Å². The van der Waals surface area contributed by atoms with Crippen LogP contribution < -0.4 is 5.73 Å². The third-order valence-electron chi connectivity index (χ3n) is 3.06. The molecular formula is C15H17FN2OS. The minimum absolute atomic E-state index is 0.208. The Labute approximate surface area is 123 Å². The first-order valence-corrected chi connectivity index (χ1v) is 6.83. The van der Waals surface area contributed by atoms with Gasteiger partial charge in [-0.1, -0.05) is 19.1 Å². The summed E-state index contributed by atoms with van der Waals surface area (Å²) in [6.07, 6.45) is 1.65. The zero-order chi connectivity index (χ0) is 14.5. The van der Waals surface area contributed by atoms with Gasteiger partial charge < -0.3 is 10.2 Å². The van der Waals surface area contributed by atoms with Crippen LogP contribution in [-0.2, 0) is 13.1 Å². The Morgan fingerprint density at radius 1 is 1.35 bits per heavy atom. The first-order chi connectivity index (χ1) is 9.58. The topological polar surface area (TPSA) is 42.4 Å². The lowest BCUT2D eigenvalue weighted by Crippen LogP contribution is -2.22. The molecule has 0 amide bonds. The molecule has 0 aliphatic carbocycles. The molecule has 0 saturated heterocycles. The quantitative estimate of drug-likeness (QED) is 0.831. The van der Waals surface area contributed by atoms with Crippen LogP contribution in [0.25, 0.3) is 0 Å². The summed E-state index contributed by atoms with van der Waals surface area (Å²) in [7, 11) is 0. The maximum atomic E-state index is 13.6. The van der Waals surface area contributed by atoms with Gasteiger partial charge in [0, 0.05) is 12.1 Å². The number of hydrogen-bond acceptors (Lipinski definition) is 3.